The van der Waals surface area contributed by atoms with Gasteiger partial charge in [-0.3, -0.25) is 4.79 Å². The van der Waals surface area contributed by atoms with Crippen molar-refractivity contribution in [3.05, 3.63) is 23.8 Å². The zero-order valence-corrected chi connectivity index (χ0v) is 13.9. The molecule has 0 aromatic carbocycles. The van der Waals surface area contributed by atoms with Crippen LogP contribution in [0.5, 0.6) is 0 Å². The molecule has 0 spiro atoms. The summed E-state index contributed by atoms with van der Waals surface area (Å²) in [7, 11) is 4.08. The molecule has 2 rings (SSSR count). The molecule has 2 atom stereocenters. The van der Waals surface area contributed by atoms with Crippen molar-refractivity contribution in [1.29, 1.82) is 0 Å². The molecule has 1 aliphatic heterocycles. The number of allylic oxidation sites excluding steroid dienone is 3. The van der Waals surface area contributed by atoms with Gasteiger partial charge in [0.2, 0.25) is 0 Å². The van der Waals surface area contributed by atoms with Crippen LogP contribution in [-0.2, 0) is 4.79 Å². The number of nitrogens with zero attached hydrogens (tertiary/aromatic N) is 2. The number of halogens is 3. The molecule has 0 saturated carbocycles. The van der Waals surface area contributed by atoms with E-state index in [9.17, 15) is 18.0 Å². The number of Topliss-reactive ketones (excluding diaryl/α,β-unsaturated/α-hetero) is 1. The van der Waals surface area contributed by atoms with E-state index in [-0.39, 0.29) is 11.4 Å². The minimum absolute atomic E-state index is 0.162. The maximum atomic E-state index is 13.3. The van der Waals surface area contributed by atoms with Crippen LogP contribution in [0.15, 0.2) is 23.8 Å². The van der Waals surface area contributed by atoms with Crippen LogP contribution in [0.25, 0.3) is 0 Å². The van der Waals surface area contributed by atoms with Crippen molar-refractivity contribution >= 4 is 5.78 Å². The standard InChI is InChI=1S/C17H25F3N2O/c1-12(23)13-4-5-14(16(10-13)17(18,19)20)11-22-8-6-15(7-9-22)21(2)3/h4-5,10,14-16H,6-9,11H2,1-3H3. The number of carbonyl (C=O) groups excluding carboxylic acids is 1. The third-order valence-corrected chi connectivity index (χ3v) is 4.88. The van der Waals surface area contributed by atoms with Crippen molar-refractivity contribution < 1.29 is 18.0 Å². The van der Waals surface area contributed by atoms with E-state index < -0.39 is 18.0 Å². The van der Waals surface area contributed by atoms with Crippen molar-refractivity contribution in [2.45, 2.75) is 32.0 Å². The molecular weight excluding hydrogens is 305 g/mol. The zero-order chi connectivity index (χ0) is 17.2. The molecule has 6 heteroatoms. The molecule has 1 heterocycles. The van der Waals surface area contributed by atoms with Gasteiger partial charge in [-0.15, -0.1) is 0 Å². The molecule has 1 saturated heterocycles. The Morgan fingerprint density at radius 1 is 1.30 bits per heavy atom. The normalized spacial score (nSPS) is 27.3. The summed E-state index contributed by atoms with van der Waals surface area (Å²) in [5.74, 6) is -2.51. The highest BCUT2D eigenvalue weighted by molar-refractivity contribution is 5.96. The van der Waals surface area contributed by atoms with Gasteiger partial charge in [0.15, 0.2) is 5.78 Å². The summed E-state index contributed by atoms with van der Waals surface area (Å²) in [6.45, 7) is 3.33. The van der Waals surface area contributed by atoms with E-state index in [1.54, 1.807) is 12.2 Å². The van der Waals surface area contributed by atoms with E-state index in [1.807, 2.05) is 14.1 Å². The average molecular weight is 330 g/mol. The van der Waals surface area contributed by atoms with Crippen LogP contribution >= 0.6 is 0 Å². The Balaban J connectivity index is 2.02. The van der Waals surface area contributed by atoms with Gasteiger partial charge < -0.3 is 9.80 Å². The first-order chi connectivity index (χ1) is 10.7. The second kappa shape index (κ2) is 7.18. The lowest BCUT2D eigenvalue weighted by Gasteiger charge is -2.38. The molecule has 1 aliphatic carbocycles. The lowest BCUT2D eigenvalue weighted by molar-refractivity contribution is -0.172. The van der Waals surface area contributed by atoms with Crippen LogP contribution < -0.4 is 0 Å². The van der Waals surface area contributed by atoms with Gasteiger partial charge in [0, 0.05) is 24.1 Å². The third kappa shape index (κ3) is 4.67. The molecule has 1 fully saturated rings. The Morgan fingerprint density at radius 3 is 2.39 bits per heavy atom. The van der Waals surface area contributed by atoms with Crippen LogP contribution in [0.4, 0.5) is 13.2 Å². The largest absolute Gasteiger partial charge is 0.395 e. The quantitative estimate of drug-likeness (QED) is 0.792. The average Bonchev–Trinajstić information content (AvgIpc) is 2.46. The van der Waals surface area contributed by atoms with Crippen LogP contribution in [0.1, 0.15) is 19.8 Å². The van der Waals surface area contributed by atoms with Crippen molar-refractivity contribution in [3.8, 4) is 0 Å². The first kappa shape index (κ1) is 18.2. The van der Waals surface area contributed by atoms with E-state index in [0.29, 0.717) is 12.6 Å². The number of likely N-dealkylation sites (tertiary alicyclic amines) is 1. The Kier molecular flexibility index (Phi) is 5.68. The molecular formula is C17H25F3N2O. The fourth-order valence-electron chi connectivity index (χ4n) is 3.38. The van der Waals surface area contributed by atoms with E-state index in [0.717, 1.165) is 32.0 Å². The molecule has 0 amide bonds. The van der Waals surface area contributed by atoms with Crippen LogP contribution in [0.2, 0.25) is 0 Å². The van der Waals surface area contributed by atoms with Crippen molar-refractivity contribution in [3.63, 3.8) is 0 Å². The smallest absolute Gasteiger partial charge is 0.306 e. The minimum atomic E-state index is -4.32. The first-order valence-corrected chi connectivity index (χ1v) is 8.05. The molecule has 23 heavy (non-hydrogen) atoms. The highest BCUT2D eigenvalue weighted by Gasteiger charge is 2.44. The maximum absolute atomic E-state index is 13.3. The Hall–Kier alpha value is -1.14. The van der Waals surface area contributed by atoms with Gasteiger partial charge in [-0.2, -0.15) is 13.2 Å². The van der Waals surface area contributed by atoms with Gasteiger partial charge in [0.25, 0.3) is 0 Å². The fraction of sp³-hybridized carbons (Fsp3) is 0.706. The minimum Gasteiger partial charge on any atom is -0.306 e. The number of hydrogen-bond donors (Lipinski definition) is 0. The highest BCUT2D eigenvalue weighted by atomic mass is 19.4. The van der Waals surface area contributed by atoms with Gasteiger partial charge in [0.1, 0.15) is 0 Å². The summed E-state index contributed by atoms with van der Waals surface area (Å²) in [6.07, 6.45) is 1.84. The van der Waals surface area contributed by atoms with Crippen LogP contribution in [-0.4, -0.2) is 61.5 Å². The molecule has 0 aromatic rings. The van der Waals surface area contributed by atoms with E-state index >= 15 is 0 Å². The van der Waals surface area contributed by atoms with Crippen molar-refractivity contribution in [1.82, 2.24) is 9.80 Å². The lowest BCUT2D eigenvalue weighted by Crippen LogP contribution is -2.45. The molecule has 0 aromatic heterocycles. The van der Waals surface area contributed by atoms with Gasteiger partial charge in [0.05, 0.1) is 5.92 Å². The summed E-state index contributed by atoms with van der Waals surface area (Å²) in [4.78, 5) is 15.7. The summed E-state index contributed by atoms with van der Waals surface area (Å²) in [6, 6.07) is 0.510. The summed E-state index contributed by atoms with van der Waals surface area (Å²) >= 11 is 0. The number of carbonyl (C=O) groups is 1. The molecule has 2 aliphatic rings. The van der Waals surface area contributed by atoms with Crippen LogP contribution in [0, 0.1) is 11.8 Å². The summed E-state index contributed by atoms with van der Waals surface area (Å²) in [5.41, 5.74) is 0.162. The number of hydrogen-bond acceptors (Lipinski definition) is 3. The predicted molar refractivity (Wildman–Crippen MR) is 84.1 cm³/mol. The van der Waals surface area contributed by atoms with Gasteiger partial charge in [-0.25, -0.2) is 0 Å². The number of rotatable bonds is 4. The fourth-order valence-corrected chi connectivity index (χ4v) is 3.38. The van der Waals surface area contributed by atoms with Crippen molar-refractivity contribution in [2.75, 3.05) is 33.7 Å². The molecule has 0 N–H and O–H groups in total. The van der Waals surface area contributed by atoms with E-state index in [1.165, 1.54) is 6.92 Å². The van der Waals surface area contributed by atoms with E-state index in [2.05, 4.69) is 9.80 Å². The van der Waals surface area contributed by atoms with Crippen molar-refractivity contribution in [2.24, 2.45) is 11.8 Å². The number of piperidine rings is 1. The number of alkyl halides is 3. The first-order valence-electron chi connectivity index (χ1n) is 8.05. The van der Waals surface area contributed by atoms with Gasteiger partial charge in [-0.05, 0) is 47.0 Å². The maximum Gasteiger partial charge on any atom is 0.395 e. The van der Waals surface area contributed by atoms with Gasteiger partial charge >= 0.3 is 6.18 Å². The summed E-state index contributed by atoms with van der Waals surface area (Å²) < 4.78 is 40.0. The second-order valence-electron chi connectivity index (χ2n) is 6.76. The Bertz CT molecular complexity index is 489. The molecule has 3 nitrogen and oxygen atoms in total. The molecule has 2 unspecified atom stereocenters. The number of ketones is 1. The van der Waals surface area contributed by atoms with Crippen LogP contribution in [0.3, 0.4) is 0 Å². The summed E-state index contributed by atoms with van der Waals surface area (Å²) in [5, 5.41) is 0. The Labute approximate surface area is 135 Å². The lowest BCUT2D eigenvalue weighted by atomic mass is 9.83. The zero-order valence-electron chi connectivity index (χ0n) is 13.9. The monoisotopic (exact) mass is 330 g/mol. The SMILES string of the molecule is CC(=O)C1=CC(C(F)(F)F)C(CN2CCC(N(C)C)CC2)C=C1. The molecule has 0 bridgehead atoms. The topological polar surface area (TPSA) is 23.6 Å². The second-order valence-corrected chi connectivity index (χ2v) is 6.76. The Morgan fingerprint density at radius 2 is 1.91 bits per heavy atom. The van der Waals surface area contributed by atoms with Gasteiger partial charge in [-0.1, -0.05) is 18.2 Å². The molecule has 0 radical (unpaired) electrons. The van der Waals surface area contributed by atoms with E-state index in [4.69, 9.17) is 0 Å². The predicted octanol–water partition coefficient (Wildman–Crippen LogP) is 2.89. The highest BCUT2D eigenvalue weighted by Crippen LogP contribution is 2.38. The molecule has 130 valence electrons. The third-order valence-electron chi connectivity index (χ3n) is 4.88.